The zero-order valence-corrected chi connectivity index (χ0v) is 19.4. The fraction of sp³-hybridized carbons (Fsp3) is 0.333. The molecule has 7 heteroatoms. The van der Waals surface area contributed by atoms with Gasteiger partial charge < -0.3 is 21.1 Å². The molecule has 4 N–H and O–H groups in total. The molecular formula is C27H29FN4O2. The Morgan fingerprint density at radius 3 is 2.41 bits per heavy atom. The first-order valence-corrected chi connectivity index (χ1v) is 11.8. The van der Waals surface area contributed by atoms with Crippen LogP contribution in [0.3, 0.4) is 0 Å². The second-order valence-corrected chi connectivity index (χ2v) is 9.34. The molecule has 0 unspecified atom stereocenters. The highest BCUT2D eigenvalue weighted by molar-refractivity contribution is 5.97. The quantitative estimate of drug-likeness (QED) is 0.505. The minimum Gasteiger partial charge on any atom is -0.490 e. The van der Waals surface area contributed by atoms with Crippen molar-refractivity contribution in [3.63, 3.8) is 0 Å². The van der Waals surface area contributed by atoms with E-state index in [0.717, 1.165) is 36.1 Å². The lowest BCUT2D eigenvalue weighted by Gasteiger charge is -2.33. The molecule has 0 saturated carbocycles. The van der Waals surface area contributed by atoms with Crippen LogP contribution in [-0.4, -0.2) is 35.6 Å². The number of pyridine rings is 1. The van der Waals surface area contributed by atoms with E-state index in [0.29, 0.717) is 40.9 Å². The Balaban J connectivity index is 1.41. The summed E-state index contributed by atoms with van der Waals surface area (Å²) in [4.78, 5) is 16.0. The molecule has 2 aliphatic heterocycles. The highest BCUT2D eigenvalue weighted by Crippen LogP contribution is 2.34. The fourth-order valence-corrected chi connectivity index (χ4v) is 5.04. The first-order chi connectivity index (χ1) is 16.4. The van der Waals surface area contributed by atoms with E-state index in [1.54, 1.807) is 12.1 Å². The number of nitrogens with one attached hydrogen (secondary N) is 2. The minimum absolute atomic E-state index is 0.0746. The summed E-state index contributed by atoms with van der Waals surface area (Å²) in [6.45, 7) is 4.93. The van der Waals surface area contributed by atoms with Gasteiger partial charge in [0, 0.05) is 35.3 Å². The van der Waals surface area contributed by atoms with Crippen LogP contribution in [0.4, 0.5) is 10.2 Å². The molecule has 0 spiro atoms. The van der Waals surface area contributed by atoms with E-state index in [-0.39, 0.29) is 17.8 Å². The maximum absolute atomic E-state index is 14.8. The van der Waals surface area contributed by atoms with Crippen LogP contribution in [0, 0.1) is 5.95 Å². The second kappa shape index (κ2) is 9.06. The number of nitrogens with two attached hydrogens (primary N) is 1. The number of amides is 1. The minimum atomic E-state index is -0.617. The van der Waals surface area contributed by atoms with Crippen molar-refractivity contribution in [2.24, 2.45) is 0 Å². The molecule has 3 aromatic rings. The summed E-state index contributed by atoms with van der Waals surface area (Å²) in [5, 5.41) is 6.36. The molecule has 0 aliphatic carbocycles. The molecule has 1 fully saturated rings. The molecule has 1 aromatic heterocycles. The summed E-state index contributed by atoms with van der Waals surface area (Å²) in [5.41, 5.74) is 10.2. The molecule has 2 atom stereocenters. The molecule has 5 rings (SSSR count). The summed E-state index contributed by atoms with van der Waals surface area (Å²) in [6.07, 6.45) is 2.81. The van der Waals surface area contributed by atoms with Gasteiger partial charge in [0.25, 0.3) is 5.91 Å². The SMILES string of the molecule is C[C@H]1CC(Oc2ccc(-c3cc(-c4ccc5c(c4)CCNC5=O)c(N)nc3F)cc2)C[C@H](C)N1. The van der Waals surface area contributed by atoms with Gasteiger partial charge in [-0.15, -0.1) is 0 Å². The second-order valence-electron chi connectivity index (χ2n) is 9.34. The highest BCUT2D eigenvalue weighted by atomic mass is 19.1. The molecule has 0 radical (unpaired) electrons. The van der Waals surface area contributed by atoms with Crippen molar-refractivity contribution in [2.45, 2.75) is 51.3 Å². The van der Waals surface area contributed by atoms with E-state index in [4.69, 9.17) is 10.5 Å². The van der Waals surface area contributed by atoms with Crippen LogP contribution in [0.2, 0.25) is 0 Å². The van der Waals surface area contributed by atoms with Crippen molar-refractivity contribution in [2.75, 3.05) is 12.3 Å². The van der Waals surface area contributed by atoms with E-state index < -0.39 is 5.95 Å². The Labute approximate surface area is 198 Å². The van der Waals surface area contributed by atoms with Gasteiger partial charge in [-0.1, -0.05) is 24.3 Å². The Hall–Kier alpha value is -3.45. The number of piperidine rings is 1. The Morgan fingerprint density at radius 2 is 1.68 bits per heavy atom. The number of halogens is 1. The third-order valence-electron chi connectivity index (χ3n) is 6.62. The number of aromatic nitrogens is 1. The summed E-state index contributed by atoms with van der Waals surface area (Å²) < 4.78 is 21.0. The lowest BCUT2D eigenvalue weighted by atomic mass is 9.94. The van der Waals surface area contributed by atoms with Crippen LogP contribution >= 0.6 is 0 Å². The van der Waals surface area contributed by atoms with Crippen LogP contribution in [0.5, 0.6) is 5.75 Å². The number of nitrogen functional groups attached to an aromatic ring is 1. The van der Waals surface area contributed by atoms with Gasteiger partial charge in [-0.3, -0.25) is 4.79 Å². The zero-order valence-electron chi connectivity index (χ0n) is 19.4. The molecular weight excluding hydrogens is 431 g/mol. The molecule has 2 aliphatic rings. The Kier molecular flexibility index (Phi) is 5.96. The van der Waals surface area contributed by atoms with Gasteiger partial charge in [-0.05, 0) is 74.1 Å². The molecule has 3 heterocycles. The topological polar surface area (TPSA) is 89.3 Å². The largest absolute Gasteiger partial charge is 0.490 e. The number of hydrogen-bond acceptors (Lipinski definition) is 5. The number of anilines is 1. The van der Waals surface area contributed by atoms with Crippen LogP contribution < -0.4 is 21.1 Å². The smallest absolute Gasteiger partial charge is 0.251 e. The van der Waals surface area contributed by atoms with Gasteiger partial charge in [0.2, 0.25) is 5.95 Å². The maximum atomic E-state index is 14.8. The summed E-state index contributed by atoms with van der Waals surface area (Å²) in [6, 6.07) is 15.6. The average molecular weight is 461 g/mol. The molecule has 34 heavy (non-hydrogen) atoms. The molecule has 1 saturated heterocycles. The summed E-state index contributed by atoms with van der Waals surface area (Å²) in [7, 11) is 0. The highest BCUT2D eigenvalue weighted by Gasteiger charge is 2.24. The standard InChI is InChI=1S/C27H29FN4O2/c1-15-11-21(12-16(2)31-15)34-20-6-3-17(4-7-20)23-14-24(26(29)32-25(23)28)18-5-8-22-19(13-18)9-10-30-27(22)33/h3-8,13-16,21,31H,9-12H2,1-2H3,(H2,29,32)(H,30,33)/t15-,16-/m0/s1. The van der Waals surface area contributed by atoms with Crippen LogP contribution in [0.25, 0.3) is 22.3 Å². The number of ether oxygens (including phenoxy) is 1. The van der Waals surface area contributed by atoms with Crippen LogP contribution in [0.1, 0.15) is 42.6 Å². The van der Waals surface area contributed by atoms with Crippen LogP contribution in [0.15, 0.2) is 48.5 Å². The summed E-state index contributed by atoms with van der Waals surface area (Å²) >= 11 is 0. The number of carbonyl (C=O) groups is 1. The van der Waals surface area contributed by atoms with Gasteiger partial charge in [0.15, 0.2) is 0 Å². The predicted molar refractivity (Wildman–Crippen MR) is 131 cm³/mol. The van der Waals surface area contributed by atoms with Crippen molar-refractivity contribution < 1.29 is 13.9 Å². The molecule has 6 nitrogen and oxygen atoms in total. The third-order valence-corrected chi connectivity index (χ3v) is 6.62. The van der Waals surface area contributed by atoms with Crippen molar-refractivity contribution in [1.82, 2.24) is 15.6 Å². The average Bonchev–Trinajstić information content (AvgIpc) is 2.79. The van der Waals surface area contributed by atoms with Gasteiger partial charge in [0.1, 0.15) is 17.7 Å². The number of carbonyl (C=O) groups excluding carboxylic acids is 1. The lowest BCUT2D eigenvalue weighted by Crippen LogP contribution is -2.46. The third kappa shape index (κ3) is 4.48. The number of hydrogen-bond donors (Lipinski definition) is 3. The van der Waals surface area contributed by atoms with E-state index >= 15 is 0 Å². The number of rotatable bonds is 4. The van der Waals surface area contributed by atoms with Gasteiger partial charge >= 0.3 is 0 Å². The van der Waals surface area contributed by atoms with E-state index in [2.05, 4.69) is 29.5 Å². The monoisotopic (exact) mass is 460 g/mol. The first kappa shape index (κ1) is 22.3. The van der Waals surface area contributed by atoms with Gasteiger partial charge in [-0.2, -0.15) is 4.39 Å². The molecule has 0 bridgehead atoms. The van der Waals surface area contributed by atoms with E-state index in [1.807, 2.05) is 36.4 Å². The van der Waals surface area contributed by atoms with Crippen LogP contribution in [-0.2, 0) is 6.42 Å². The summed E-state index contributed by atoms with van der Waals surface area (Å²) in [5.74, 6) is 0.199. The van der Waals surface area contributed by atoms with Crippen molar-refractivity contribution >= 4 is 11.7 Å². The zero-order chi connectivity index (χ0) is 23.8. The molecule has 176 valence electrons. The van der Waals surface area contributed by atoms with Crippen molar-refractivity contribution in [3.8, 4) is 28.0 Å². The normalized spacial score (nSPS) is 22.1. The Morgan fingerprint density at radius 1 is 0.971 bits per heavy atom. The predicted octanol–water partition coefficient (Wildman–Crippen LogP) is 4.33. The van der Waals surface area contributed by atoms with E-state index in [1.165, 1.54) is 0 Å². The fourth-order valence-electron chi connectivity index (χ4n) is 5.04. The number of fused-ring (bicyclic) bond motifs is 1. The number of benzene rings is 2. The Bertz CT molecular complexity index is 1220. The first-order valence-electron chi connectivity index (χ1n) is 11.8. The molecule has 2 aromatic carbocycles. The maximum Gasteiger partial charge on any atom is 0.251 e. The molecule has 1 amide bonds. The lowest BCUT2D eigenvalue weighted by molar-refractivity contribution is 0.0946. The van der Waals surface area contributed by atoms with Gasteiger partial charge in [0.05, 0.1) is 0 Å². The number of nitrogens with zero attached hydrogens (tertiary/aromatic N) is 1. The van der Waals surface area contributed by atoms with Gasteiger partial charge in [-0.25, -0.2) is 4.98 Å². The van der Waals surface area contributed by atoms with Crippen molar-refractivity contribution in [3.05, 3.63) is 65.6 Å². The van der Waals surface area contributed by atoms with E-state index in [9.17, 15) is 9.18 Å². The van der Waals surface area contributed by atoms with Crippen molar-refractivity contribution in [1.29, 1.82) is 0 Å².